The van der Waals surface area contributed by atoms with Crippen LogP contribution in [0.15, 0.2) is 24.3 Å². The Kier molecular flexibility index (Phi) is 7.18. The Bertz CT molecular complexity index is 645. The van der Waals surface area contributed by atoms with Crippen molar-refractivity contribution in [1.29, 1.82) is 0 Å². The molecular weight excluding hydrogens is 342 g/mol. The third-order valence-corrected chi connectivity index (χ3v) is 4.85. The number of nitrogens with one attached hydrogen (secondary N) is 1. The van der Waals surface area contributed by atoms with E-state index in [0.29, 0.717) is 18.9 Å². The molecule has 5 heteroatoms. The van der Waals surface area contributed by atoms with Gasteiger partial charge in [-0.15, -0.1) is 0 Å². The number of ketones is 1. The monoisotopic (exact) mass is 375 g/mol. The van der Waals surface area contributed by atoms with E-state index in [1.165, 1.54) is 5.56 Å². The molecule has 2 rings (SSSR count). The molecule has 1 aliphatic rings. The molecule has 1 amide bonds. The summed E-state index contributed by atoms with van der Waals surface area (Å²) in [5.41, 5.74) is 2.39. The average Bonchev–Trinajstić information content (AvgIpc) is 2.89. The van der Waals surface area contributed by atoms with Crippen LogP contribution in [-0.2, 0) is 31.1 Å². The summed E-state index contributed by atoms with van der Waals surface area (Å²) in [6.45, 7) is 12.8. The van der Waals surface area contributed by atoms with E-state index < -0.39 is 12.1 Å². The van der Waals surface area contributed by atoms with E-state index in [1.807, 2.05) is 26.0 Å². The van der Waals surface area contributed by atoms with Crippen LogP contribution in [0.4, 0.5) is 0 Å². The highest BCUT2D eigenvalue weighted by Crippen LogP contribution is 2.23. The maximum absolute atomic E-state index is 12.7. The van der Waals surface area contributed by atoms with Crippen LogP contribution in [0.3, 0.4) is 0 Å². The Morgan fingerprint density at radius 3 is 2.37 bits per heavy atom. The lowest BCUT2D eigenvalue weighted by atomic mass is 9.87. The lowest BCUT2D eigenvalue weighted by molar-refractivity contribution is -0.137. The SMILES string of the molecule is CC(C)C[C@H](OCc1ccc(C(C)(C)C)cc1)C(=O)N[C@@H]1C(=O)CO[C@@H]1C. The molecule has 1 N–H and O–H groups in total. The predicted octanol–water partition coefficient (Wildman–Crippen LogP) is 3.39. The van der Waals surface area contributed by atoms with Crippen LogP contribution in [-0.4, -0.2) is 36.5 Å². The van der Waals surface area contributed by atoms with Crippen molar-refractivity contribution >= 4 is 11.7 Å². The largest absolute Gasteiger partial charge is 0.368 e. The molecule has 0 aliphatic carbocycles. The van der Waals surface area contributed by atoms with Crippen LogP contribution in [0.1, 0.15) is 59.1 Å². The maximum atomic E-state index is 12.7. The standard InChI is InChI=1S/C22H33NO4/c1-14(2)11-19(21(25)23-20-15(3)26-13-18(20)24)27-12-16-7-9-17(10-8-16)22(4,5)6/h7-10,14-15,19-20H,11-13H2,1-6H3,(H,23,25)/t15-,19+,20+/m1/s1. The smallest absolute Gasteiger partial charge is 0.249 e. The second-order valence-corrected chi connectivity index (χ2v) is 8.84. The van der Waals surface area contributed by atoms with Crippen molar-refractivity contribution in [2.75, 3.05) is 6.61 Å². The van der Waals surface area contributed by atoms with Gasteiger partial charge in [-0.3, -0.25) is 9.59 Å². The van der Waals surface area contributed by atoms with Crippen molar-refractivity contribution in [3.63, 3.8) is 0 Å². The van der Waals surface area contributed by atoms with E-state index in [0.717, 1.165) is 5.56 Å². The first-order chi connectivity index (χ1) is 12.6. The highest BCUT2D eigenvalue weighted by atomic mass is 16.5. The lowest BCUT2D eigenvalue weighted by Crippen LogP contribution is -2.48. The fraction of sp³-hybridized carbons (Fsp3) is 0.636. The molecule has 3 atom stereocenters. The zero-order valence-corrected chi connectivity index (χ0v) is 17.4. The fourth-order valence-corrected chi connectivity index (χ4v) is 3.08. The van der Waals surface area contributed by atoms with Crippen molar-refractivity contribution in [3.8, 4) is 0 Å². The minimum Gasteiger partial charge on any atom is -0.368 e. The van der Waals surface area contributed by atoms with Crippen molar-refractivity contribution in [2.24, 2.45) is 5.92 Å². The summed E-state index contributed by atoms with van der Waals surface area (Å²) in [5.74, 6) is -0.0282. The molecule has 1 aromatic rings. The summed E-state index contributed by atoms with van der Waals surface area (Å²) >= 11 is 0. The van der Waals surface area contributed by atoms with Gasteiger partial charge in [0.05, 0.1) is 12.7 Å². The predicted molar refractivity (Wildman–Crippen MR) is 106 cm³/mol. The molecule has 0 radical (unpaired) electrons. The Morgan fingerprint density at radius 1 is 1.26 bits per heavy atom. The number of amides is 1. The summed E-state index contributed by atoms with van der Waals surface area (Å²) < 4.78 is 11.2. The zero-order chi connectivity index (χ0) is 20.2. The number of benzene rings is 1. The van der Waals surface area contributed by atoms with Gasteiger partial charge < -0.3 is 14.8 Å². The molecule has 5 nitrogen and oxygen atoms in total. The first-order valence-electron chi connectivity index (χ1n) is 9.73. The average molecular weight is 376 g/mol. The second kappa shape index (κ2) is 8.98. The molecule has 1 heterocycles. The van der Waals surface area contributed by atoms with Crippen molar-refractivity contribution < 1.29 is 19.1 Å². The number of Topliss-reactive ketones (excluding diaryl/α,β-unsaturated/α-hetero) is 1. The van der Waals surface area contributed by atoms with Gasteiger partial charge in [0, 0.05) is 0 Å². The van der Waals surface area contributed by atoms with Crippen LogP contribution in [0.25, 0.3) is 0 Å². The number of ether oxygens (including phenoxy) is 2. The number of carbonyl (C=O) groups is 2. The van der Waals surface area contributed by atoms with Crippen LogP contribution < -0.4 is 5.32 Å². The Balaban J connectivity index is 1.99. The minimum absolute atomic E-state index is 0.0575. The van der Waals surface area contributed by atoms with E-state index in [1.54, 1.807) is 6.92 Å². The number of rotatable bonds is 7. The van der Waals surface area contributed by atoms with E-state index in [-0.39, 0.29) is 29.8 Å². The fourth-order valence-electron chi connectivity index (χ4n) is 3.08. The summed E-state index contributed by atoms with van der Waals surface area (Å²) in [6, 6.07) is 7.71. The summed E-state index contributed by atoms with van der Waals surface area (Å²) in [7, 11) is 0. The van der Waals surface area contributed by atoms with Crippen LogP contribution in [0.5, 0.6) is 0 Å². The minimum atomic E-state index is -0.590. The quantitative estimate of drug-likeness (QED) is 0.793. The highest BCUT2D eigenvalue weighted by molar-refractivity contribution is 5.92. The molecular formula is C22H33NO4. The summed E-state index contributed by atoms with van der Waals surface area (Å²) in [5, 5.41) is 2.81. The first kappa shape index (κ1) is 21.6. The molecule has 1 aliphatic heterocycles. The first-order valence-corrected chi connectivity index (χ1v) is 9.73. The van der Waals surface area contributed by atoms with Gasteiger partial charge in [-0.05, 0) is 35.8 Å². The maximum Gasteiger partial charge on any atom is 0.249 e. The molecule has 150 valence electrons. The number of hydrogen-bond acceptors (Lipinski definition) is 4. The third-order valence-electron chi connectivity index (χ3n) is 4.85. The Hall–Kier alpha value is -1.72. The van der Waals surface area contributed by atoms with Crippen LogP contribution in [0.2, 0.25) is 0 Å². The van der Waals surface area contributed by atoms with Crippen LogP contribution >= 0.6 is 0 Å². The topological polar surface area (TPSA) is 64.6 Å². The van der Waals surface area contributed by atoms with Gasteiger partial charge >= 0.3 is 0 Å². The zero-order valence-electron chi connectivity index (χ0n) is 17.4. The van der Waals surface area contributed by atoms with Gasteiger partial charge in [-0.2, -0.15) is 0 Å². The molecule has 1 aromatic carbocycles. The Morgan fingerprint density at radius 2 is 1.89 bits per heavy atom. The molecule has 1 fully saturated rings. The third kappa shape index (κ3) is 6.15. The van der Waals surface area contributed by atoms with Gasteiger partial charge in [0.2, 0.25) is 5.91 Å². The van der Waals surface area contributed by atoms with Gasteiger partial charge in [-0.25, -0.2) is 0 Å². The number of carbonyl (C=O) groups excluding carboxylic acids is 2. The molecule has 0 bridgehead atoms. The van der Waals surface area contributed by atoms with Crippen LogP contribution in [0, 0.1) is 5.92 Å². The summed E-state index contributed by atoms with van der Waals surface area (Å²) in [6.07, 6.45) is -0.291. The molecule has 0 aromatic heterocycles. The van der Waals surface area contributed by atoms with Crippen molar-refractivity contribution in [2.45, 2.75) is 78.2 Å². The number of hydrogen-bond donors (Lipinski definition) is 1. The van der Waals surface area contributed by atoms with E-state index in [9.17, 15) is 9.59 Å². The molecule has 1 saturated heterocycles. The van der Waals surface area contributed by atoms with E-state index in [2.05, 4.69) is 38.2 Å². The van der Waals surface area contributed by atoms with Gasteiger partial charge in [0.25, 0.3) is 0 Å². The Labute approximate surface area is 162 Å². The van der Waals surface area contributed by atoms with Gasteiger partial charge in [0.1, 0.15) is 18.8 Å². The summed E-state index contributed by atoms with van der Waals surface area (Å²) in [4.78, 5) is 24.6. The molecule has 0 spiro atoms. The van der Waals surface area contributed by atoms with Gasteiger partial charge in [-0.1, -0.05) is 58.9 Å². The van der Waals surface area contributed by atoms with Crippen molar-refractivity contribution in [1.82, 2.24) is 5.32 Å². The highest BCUT2D eigenvalue weighted by Gasteiger charge is 2.35. The van der Waals surface area contributed by atoms with Crippen molar-refractivity contribution in [3.05, 3.63) is 35.4 Å². The van der Waals surface area contributed by atoms with Gasteiger partial charge in [0.15, 0.2) is 5.78 Å². The van der Waals surface area contributed by atoms with E-state index in [4.69, 9.17) is 9.47 Å². The molecule has 0 saturated carbocycles. The molecule has 27 heavy (non-hydrogen) atoms. The van der Waals surface area contributed by atoms with E-state index >= 15 is 0 Å². The molecule has 0 unspecified atom stereocenters. The lowest BCUT2D eigenvalue weighted by Gasteiger charge is -2.23. The second-order valence-electron chi connectivity index (χ2n) is 8.84. The normalized spacial score (nSPS) is 21.5.